The Morgan fingerprint density at radius 3 is 1.84 bits per heavy atom. The number of esters is 4. The summed E-state index contributed by atoms with van der Waals surface area (Å²) in [6, 6.07) is 22.8. The first-order chi connectivity index (χ1) is 42.2. The van der Waals surface area contributed by atoms with Gasteiger partial charge in [0.05, 0.1) is 36.2 Å². The first-order valence-corrected chi connectivity index (χ1v) is 31.8. The number of hydrogen-bond acceptors (Lipinski definition) is 18. The number of ketones is 1. The third kappa shape index (κ3) is 15.2. The van der Waals surface area contributed by atoms with Crippen molar-refractivity contribution in [3.63, 3.8) is 0 Å². The van der Waals surface area contributed by atoms with E-state index in [2.05, 4.69) is 12.2 Å². The molecule has 3 aromatic rings. The first kappa shape index (κ1) is 67.4. The highest BCUT2D eigenvalue weighted by Gasteiger charge is 2.78. The van der Waals surface area contributed by atoms with Crippen molar-refractivity contribution in [1.29, 1.82) is 0 Å². The number of carbonyl (C=O) groups excluding carboxylic acids is 7. The van der Waals surface area contributed by atoms with Gasteiger partial charge in [-0.25, -0.2) is 14.4 Å². The Balaban J connectivity index is 1.06. The van der Waals surface area contributed by atoms with E-state index in [-0.39, 0.29) is 48.5 Å². The third-order valence-corrected chi connectivity index (χ3v) is 18.9. The van der Waals surface area contributed by atoms with Gasteiger partial charge >= 0.3 is 30.0 Å². The number of Topliss-reactive ketones (excluding diaryl/α,β-unsaturated/α-hetero) is 1. The maximum atomic E-state index is 15.9. The van der Waals surface area contributed by atoms with Crippen molar-refractivity contribution >= 4 is 41.7 Å². The molecule has 13 atom stereocenters. The molecule has 2 aliphatic heterocycles. The fourth-order valence-corrected chi connectivity index (χ4v) is 14.0. The molecule has 1 amide bonds. The van der Waals surface area contributed by atoms with Crippen LogP contribution in [0.5, 0.6) is 0 Å². The van der Waals surface area contributed by atoms with E-state index in [0.717, 1.165) is 33.1 Å². The van der Waals surface area contributed by atoms with Crippen LogP contribution in [0.3, 0.4) is 0 Å². The largest absolute Gasteiger partial charge is 0.509 e. The van der Waals surface area contributed by atoms with Crippen LogP contribution in [0.4, 0.5) is 4.79 Å². The fraction of sp³-hybridized carbons (Fsp3) is 0.609. The molecule has 8 rings (SSSR count). The second-order valence-corrected chi connectivity index (χ2v) is 25.3. The Kier molecular flexibility index (Phi) is 23.2. The monoisotopic (exact) mass is 1220 g/mol. The van der Waals surface area contributed by atoms with Crippen molar-refractivity contribution < 1.29 is 86.4 Å². The summed E-state index contributed by atoms with van der Waals surface area (Å²) in [5.41, 5.74) is -7.58. The van der Waals surface area contributed by atoms with E-state index in [1.54, 1.807) is 92.7 Å². The number of ether oxygens (including phenoxy) is 9. The van der Waals surface area contributed by atoms with Crippen molar-refractivity contribution in [2.24, 2.45) is 16.7 Å². The molecule has 88 heavy (non-hydrogen) atoms. The van der Waals surface area contributed by atoms with Crippen molar-refractivity contribution in [2.45, 2.75) is 230 Å². The first-order valence-electron chi connectivity index (χ1n) is 31.8. The summed E-state index contributed by atoms with van der Waals surface area (Å²) < 4.78 is 54.8. The lowest BCUT2D eigenvalue weighted by Gasteiger charge is -2.67. The summed E-state index contributed by atoms with van der Waals surface area (Å²) in [7, 11) is 0. The summed E-state index contributed by atoms with van der Waals surface area (Å²) in [4.78, 5) is 101. The second-order valence-electron chi connectivity index (χ2n) is 25.3. The average Bonchev–Trinajstić information content (AvgIpc) is 0.828. The molecule has 19 nitrogen and oxygen atoms in total. The number of carbonyl (C=O) groups is 7. The van der Waals surface area contributed by atoms with Crippen LogP contribution >= 0.6 is 0 Å². The molecule has 2 saturated heterocycles. The lowest BCUT2D eigenvalue weighted by atomic mass is 9.44. The Morgan fingerprint density at radius 1 is 0.716 bits per heavy atom. The minimum atomic E-state index is -2.49. The summed E-state index contributed by atoms with van der Waals surface area (Å²) >= 11 is 0. The van der Waals surface area contributed by atoms with Crippen molar-refractivity contribution in [1.82, 2.24) is 5.32 Å². The van der Waals surface area contributed by atoms with Gasteiger partial charge in [-0.05, 0) is 67.7 Å². The molecular weight excluding hydrogens is 1130 g/mol. The maximum Gasteiger partial charge on any atom is 0.509 e. The molecule has 2 saturated carbocycles. The highest BCUT2D eigenvalue weighted by molar-refractivity contribution is 5.96. The molecule has 480 valence electrons. The van der Waals surface area contributed by atoms with E-state index >= 15 is 9.59 Å². The van der Waals surface area contributed by atoms with Gasteiger partial charge in [-0.15, -0.1) is 0 Å². The van der Waals surface area contributed by atoms with Crippen LogP contribution in [-0.2, 0) is 61.8 Å². The zero-order valence-corrected chi connectivity index (χ0v) is 52.2. The quantitative estimate of drug-likeness (QED) is 0.0253. The Labute approximate surface area is 517 Å². The number of fused-ring (bicyclic) bond motifs is 5. The van der Waals surface area contributed by atoms with Gasteiger partial charge in [0.1, 0.15) is 42.7 Å². The molecule has 0 spiro atoms. The van der Waals surface area contributed by atoms with Crippen LogP contribution < -0.4 is 5.32 Å². The van der Waals surface area contributed by atoms with Crippen molar-refractivity contribution in [2.75, 3.05) is 19.8 Å². The Hall–Kier alpha value is -6.51. The minimum Gasteiger partial charge on any atom is -0.455 e. The third-order valence-electron chi connectivity index (χ3n) is 18.9. The molecule has 3 aromatic carbocycles. The van der Waals surface area contributed by atoms with Gasteiger partial charge < -0.3 is 58.2 Å². The summed E-state index contributed by atoms with van der Waals surface area (Å²) in [6.07, 6.45) is 5.83. The SMILES string of the molecule is CCCCCCCCCCCCCCCCCC1OC[C@H](COC(=O)O[C@@H](C(=O)O[C@H]2C[C@@]3(O)[C@@H](OC(=O)c4ccccc4)C4[C@](C)(C(=O)[C@H](OC(C)=O)C(=C2C)C3(C)C)[C@@H](O)C[C@H]2OC[C@@]42OC(C)=O)[C@@H](NC(=O)c2ccccc2)c2ccccc2)O1. The zero-order valence-electron chi connectivity index (χ0n) is 52.2. The number of aliphatic hydroxyl groups excluding tert-OH is 1. The lowest BCUT2D eigenvalue weighted by molar-refractivity contribution is -0.346. The maximum absolute atomic E-state index is 15.9. The molecule has 2 heterocycles. The number of rotatable bonds is 29. The van der Waals surface area contributed by atoms with Crippen LogP contribution in [0.25, 0.3) is 0 Å². The summed E-state index contributed by atoms with van der Waals surface area (Å²) in [5, 5.41) is 29.3. The van der Waals surface area contributed by atoms with Crippen LogP contribution in [0.1, 0.15) is 196 Å². The highest BCUT2D eigenvalue weighted by atomic mass is 16.8. The molecule has 5 aliphatic rings. The van der Waals surface area contributed by atoms with Crippen LogP contribution in [0.15, 0.2) is 102 Å². The summed E-state index contributed by atoms with van der Waals surface area (Å²) in [6.45, 7) is 9.97. The molecule has 0 radical (unpaired) electrons. The zero-order chi connectivity index (χ0) is 63.2. The molecule has 19 heteroatoms. The Bertz CT molecular complexity index is 2900. The van der Waals surface area contributed by atoms with Crippen molar-refractivity contribution in [3.8, 4) is 0 Å². The van der Waals surface area contributed by atoms with E-state index in [9.17, 15) is 34.2 Å². The molecule has 3 N–H and O–H groups in total. The van der Waals surface area contributed by atoms with Gasteiger partial charge in [0.25, 0.3) is 5.91 Å². The van der Waals surface area contributed by atoms with Gasteiger partial charge in [0.15, 0.2) is 23.8 Å². The predicted octanol–water partition coefficient (Wildman–Crippen LogP) is 10.9. The molecule has 2 unspecified atom stereocenters. The Morgan fingerprint density at radius 2 is 1.28 bits per heavy atom. The smallest absolute Gasteiger partial charge is 0.455 e. The van der Waals surface area contributed by atoms with Gasteiger partial charge in [-0.3, -0.25) is 19.2 Å². The van der Waals surface area contributed by atoms with Crippen LogP contribution in [-0.4, -0.2) is 132 Å². The number of unbranched alkanes of at least 4 members (excludes halogenated alkanes) is 14. The lowest BCUT2D eigenvalue weighted by Crippen LogP contribution is -2.82. The molecular formula is C69H91NO18. The van der Waals surface area contributed by atoms with Crippen LogP contribution in [0.2, 0.25) is 0 Å². The summed E-state index contributed by atoms with van der Waals surface area (Å²) in [5.74, 6) is -7.12. The van der Waals surface area contributed by atoms with Crippen molar-refractivity contribution in [3.05, 3.63) is 119 Å². The molecule has 0 aromatic heterocycles. The van der Waals surface area contributed by atoms with E-state index in [1.807, 2.05) is 0 Å². The standard InChI is InChI=1S/C69H91NO18/c1-8-9-10-11-12-13-14-15-16-17-18-19-20-21-31-38-54-80-41-50(84-54)42-81-65(78)86-58(56(47-32-25-22-26-33-47)70-62(75)48-34-27-23-28-35-48)64(77)85-51-40-69(79)61(87-63(76)49-36-29-24-30-37-49)59-67(7,52(73)39-53-68(59,43-82-53)88-46(4)72)60(74)57(83-45(3)71)55(44(51)2)66(69,5)6/h22-30,32-37,50-54,56-59,61,73,79H,8-21,31,38-43H2,1-7H3,(H,70,75)/t50-,51+,52+,53-,54?,56+,57-,58-,59?,61+,67-,68+,69-/m1/s1. The molecule has 2 bridgehead atoms. The normalized spacial score (nSPS) is 28.4. The van der Waals surface area contributed by atoms with E-state index in [1.165, 1.54) is 103 Å². The highest BCUT2D eigenvalue weighted by Crippen LogP contribution is 2.64. The predicted molar refractivity (Wildman–Crippen MR) is 322 cm³/mol. The number of hydrogen-bond donors (Lipinski definition) is 3. The van der Waals surface area contributed by atoms with Gasteiger partial charge in [0.2, 0.25) is 6.10 Å². The van der Waals surface area contributed by atoms with E-state index in [4.69, 9.17) is 42.6 Å². The molecule has 4 fully saturated rings. The van der Waals surface area contributed by atoms with Gasteiger partial charge in [-0.2, -0.15) is 0 Å². The minimum absolute atomic E-state index is 0.0421. The number of nitrogens with one attached hydrogen (secondary N) is 1. The molecule has 3 aliphatic carbocycles. The second kappa shape index (κ2) is 30.3. The van der Waals surface area contributed by atoms with Gasteiger partial charge in [-0.1, -0.05) is 177 Å². The van der Waals surface area contributed by atoms with E-state index in [0.29, 0.717) is 12.0 Å². The van der Waals surface area contributed by atoms with Crippen LogP contribution in [0, 0.1) is 16.7 Å². The number of amides is 1. The van der Waals surface area contributed by atoms with E-state index < -0.39 is 131 Å². The fourth-order valence-electron chi connectivity index (χ4n) is 14.0. The average molecular weight is 1220 g/mol. The topological polar surface area (TPSA) is 255 Å². The van der Waals surface area contributed by atoms with Gasteiger partial charge in [0, 0.05) is 37.7 Å². The number of aliphatic hydroxyl groups is 2. The number of benzene rings is 3.